The Morgan fingerprint density at radius 3 is 2.80 bits per heavy atom. The Balaban J connectivity index is 1.94. The van der Waals surface area contributed by atoms with Crippen LogP contribution in [-0.4, -0.2) is 12.1 Å². The van der Waals surface area contributed by atoms with Crippen molar-refractivity contribution in [3.8, 4) is 11.9 Å². The van der Waals surface area contributed by atoms with Gasteiger partial charge >= 0.3 is 0 Å². The van der Waals surface area contributed by atoms with Crippen LogP contribution in [0.2, 0.25) is 0 Å². The minimum Gasteiger partial charge on any atom is -0.481 e. The van der Waals surface area contributed by atoms with Crippen LogP contribution in [0.4, 0.5) is 0 Å². The number of aromatic nitrogens is 1. The van der Waals surface area contributed by atoms with E-state index in [9.17, 15) is 0 Å². The maximum absolute atomic E-state index is 8.84. The SMILES string of the molecule is COc1cc(CNCc2ccc(C#N)cc2C)ccn1. The number of pyridine rings is 1. The van der Waals surface area contributed by atoms with Crippen molar-refractivity contribution in [3.05, 3.63) is 58.8 Å². The summed E-state index contributed by atoms with van der Waals surface area (Å²) in [6, 6.07) is 11.8. The maximum Gasteiger partial charge on any atom is 0.213 e. The lowest BCUT2D eigenvalue weighted by Crippen LogP contribution is -2.13. The molecule has 0 amide bonds. The first-order valence-electron chi connectivity index (χ1n) is 6.42. The van der Waals surface area contributed by atoms with Gasteiger partial charge in [-0.05, 0) is 41.8 Å². The van der Waals surface area contributed by atoms with Crippen molar-refractivity contribution < 1.29 is 4.74 Å². The van der Waals surface area contributed by atoms with E-state index in [2.05, 4.69) is 16.4 Å². The molecule has 4 nitrogen and oxygen atoms in total. The number of aryl methyl sites for hydroxylation is 1. The van der Waals surface area contributed by atoms with Crippen LogP contribution >= 0.6 is 0 Å². The maximum atomic E-state index is 8.84. The largest absolute Gasteiger partial charge is 0.481 e. The summed E-state index contributed by atoms with van der Waals surface area (Å²) >= 11 is 0. The molecule has 1 N–H and O–H groups in total. The lowest BCUT2D eigenvalue weighted by atomic mass is 10.1. The first-order chi connectivity index (χ1) is 9.72. The molecule has 0 saturated heterocycles. The van der Waals surface area contributed by atoms with Crippen molar-refractivity contribution in [3.63, 3.8) is 0 Å². The molecule has 0 atom stereocenters. The molecule has 1 heterocycles. The van der Waals surface area contributed by atoms with E-state index in [0.29, 0.717) is 11.4 Å². The lowest BCUT2D eigenvalue weighted by molar-refractivity contribution is 0.397. The highest BCUT2D eigenvalue weighted by Gasteiger charge is 2.01. The van der Waals surface area contributed by atoms with E-state index in [1.165, 1.54) is 5.56 Å². The molecular formula is C16H17N3O. The van der Waals surface area contributed by atoms with Crippen molar-refractivity contribution in [2.45, 2.75) is 20.0 Å². The van der Waals surface area contributed by atoms with Gasteiger partial charge in [-0.3, -0.25) is 0 Å². The summed E-state index contributed by atoms with van der Waals surface area (Å²) in [5, 5.41) is 12.2. The third-order valence-corrected chi connectivity index (χ3v) is 3.12. The van der Waals surface area contributed by atoms with Gasteiger partial charge in [0.15, 0.2) is 0 Å². The van der Waals surface area contributed by atoms with Crippen LogP contribution in [0.1, 0.15) is 22.3 Å². The minimum absolute atomic E-state index is 0.624. The second kappa shape index (κ2) is 6.69. The zero-order chi connectivity index (χ0) is 14.4. The molecule has 0 saturated carbocycles. The molecular weight excluding hydrogens is 250 g/mol. The fraction of sp³-hybridized carbons (Fsp3) is 0.250. The van der Waals surface area contributed by atoms with Gasteiger partial charge in [-0.2, -0.15) is 5.26 Å². The van der Waals surface area contributed by atoms with E-state index in [0.717, 1.165) is 24.2 Å². The van der Waals surface area contributed by atoms with Crippen LogP contribution in [0.25, 0.3) is 0 Å². The van der Waals surface area contributed by atoms with E-state index < -0.39 is 0 Å². The van der Waals surface area contributed by atoms with E-state index in [-0.39, 0.29) is 0 Å². The highest BCUT2D eigenvalue weighted by molar-refractivity contribution is 5.37. The van der Waals surface area contributed by atoms with Crippen molar-refractivity contribution in [2.75, 3.05) is 7.11 Å². The summed E-state index contributed by atoms with van der Waals surface area (Å²) in [5.41, 5.74) is 4.15. The molecule has 0 fully saturated rings. The molecule has 0 bridgehead atoms. The van der Waals surface area contributed by atoms with Crippen LogP contribution in [0.5, 0.6) is 5.88 Å². The minimum atomic E-state index is 0.624. The summed E-state index contributed by atoms with van der Waals surface area (Å²) in [6.07, 6.45) is 1.74. The Kier molecular flexibility index (Phi) is 4.70. The molecule has 0 aliphatic carbocycles. The number of rotatable bonds is 5. The fourth-order valence-electron chi connectivity index (χ4n) is 1.98. The van der Waals surface area contributed by atoms with Crippen LogP contribution in [0.15, 0.2) is 36.5 Å². The van der Waals surface area contributed by atoms with Crippen molar-refractivity contribution >= 4 is 0 Å². The standard InChI is InChI=1S/C16H17N3O/c1-12-7-13(9-17)3-4-15(12)11-18-10-14-5-6-19-16(8-14)20-2/h3-8,18H,10-11H2,1-2H3. The number of hydrogen-bond acceptors (Lipinski definition) is 4. The topological polar surface area (TPSA) is 57.9 Å². The van der Waals surface area contributed by atoms with Gasteiger partial charge in [0.2, 0.25) is 5.88 Å². The van der Waals surface area contributed by atoms with Gasteiger partial charge in [0.25, 0.3) is 0 Å². The van der Waals surface area contributed by atoms with Crippen molar-refractivity contribution in [1.82, 2.24) is 10.3 Å². The Labute approximate surface area is 119 Å². The zero-order valence-electron chi connectivity index (χ0n) is 11.7. The lowest BCUT2D eigenvalue weighted by Gasteiger charge is -2.09. The molecule has 0 aliphatic rings. The zero-order valence-corrected chi connectivity index (χ0v) is 11.7. The first kappa shape index (κ1) is 14.0. The summed E-state index contributed by atoms with van der Waals surface area (Å²) in [4.78, 5) is 4.08. The number of benzene rings is 1. The molecule has 4 heteroatoms. The monoisotopic (exact) mass is 267 g/mol. The van der Waals surface area contributed by atoms with E-state index in [4.69, 9.17) is 10.00 Å². The highest BCUT2D eigenvalue weighted by atomic mass is 16.5. The van der Waals surface area contributed by atoms with E-state index >= 15 is 0 Å². The molecule has 102 valence electrons. The van der Waals surface area contributed by atoms with Crippen molar-refractivity contribution in [2.24, 2.45) is 0 Å². The summed E-state index contributed by atoms with van der Waals surface area (Å²) in [6.45, 7) is 3.54. The van der Waals surface area contributed by atoms with Crippen LogP contribution in [0.3, 0.4) is 0 Å². The molecule has 20 heavy (non-hydrogen) atoms. The quantitative estimate of drug-likeness (QED) is 0.904. The highest BCUT2D eigenvalue weighted by Crippen LogP contribution is 2.11. The van der Waals surface area contributed by atoms with Crippen LogP contribution in [0, 0.1) is 18.3 Å². The number of ether oxygens (including phenoxy) is 1. The number of methoxy groups -OCH3 is 1. The number of hydrogen-bond donors (Lipinski definition) is 1. The molecule has 1 aromatic carbocycles. The molecule has 0 spiro atoms. The van der Waals surface area contributed by atoms with Crippen molar-refractivity contribution in [1.29, 1.82) is 5.26 Å². The molecule has 2 aromatic rings. The summed E-state index contributed by atoms with van der Waals surface area (Å²) in [5.74, 6) is 0.624. The van der Waals surface area contributed by atoms with Gasteiger partial charge < -0.3 is 10.1 Å². The Hall–Kier alpha value is -2.38. The Bertz CT molecular complexity index is 632. The fourth-order valence-corrected chi connectivity index (χ4v) is 1.98. The van der Waals surface area contributed by atoms with E-state index in [1.807, 2.05) is 37.3 Å². The molecule has 1 aromatic heterocycles. The third kappa shape index (κ3) is 3.56. The predicted octanol–water partition coefficient (Wildman–Crippen LogP) is 2.56. The average Bonchev–Trinajstić information content (AvgIpc) is 2.49. The van der Waals surface area contributed by atoms with Gasteiger partial charge in [0, 0.05) is 25.4 Å². The number of nitrogens with zero attached hydrogens (tertiary/aromatic N) is 2. The van der Waals surface area contributed by atoms with Gasteiger partial charge in [-0.1, -0.05) is 6.07 Å². The molecule has 2 rings (SSSR count). The average molecular weight is 267 g/mol. The first-order valence-corrected chi connectivity index (χ1v) is 6.42. The second-order valence-corrected chi connectivity index (χ2v) is 4.56. The second-order valence-electron chi connectivity index (χ2n) is 4.56. The van der Waals surface area contributed by atoms with Gasteiger partial charge in [-0.25, -0.2) is 4.98 Å². The smallest absolute Gasteiger partial charge is 0.213 e. The predicted molar refractivity (Wildman–Crippen MR) is 77.2 cm³/mol. The van der Waals surface area contributed by atoms with Gasteiger partial charge in [0.1, 0.15) is 0 Å². The molecule has 0 unspecified atom stereocenters. The number of nitriles is 1. The normalized spacial score (nSPS) is 10.1. The molecule has 0 aliphatic heterocycles. The summed E-state index contributed by atoms with van der Waals surface area (Å²) < 4.78 is 5.09. The van der Waals surface area contributed by atoms with Gasteiger partial charge in [-0.15, -0.1) is 0 Å². The Morgan fingerprint density at radius 1 is 1.25 bits per heavy atom. The van der Waals surface area contributed by atoms with Crippen LogP contribution < -0.4 is 10.1 Å². The third-order valence-electron chi connectivity index (χ3n) is 3.12. The molecule has 0 radical (unpaired) electrons. The van der Waals surface area contributed by atoms with Gasteiger partial charge in [0.05, 0.1) is 18.7 Å². The van der Waals surface area contributed by atoms with E-state index in [1.54, 1.807) is 13.3 Å². The summed E-state index contributed by atoms with van der Waals surface area (Å²) in [7, 11) is 1.61. The number of nitrogens with one attached hydrogen (secondary N) is 1. The Morgan fingerprint density at radius 2 is 2.10 bits per heavy atom. The van der Waals surface area contributed by atoms with Crippen LogP contribution in [-0.2, 0) is 13.1 Å².